The second kappa shape index (κ2) is 21.6. The molecule has 80 heavy (non-hydrogen) atoms. The van der Waals surface area contributed by atoms with Gasteiger partial charge in [0.15, 0.2) is 35.6 Å². The molecule has 0 spiro atoms. The molecule has 29 heteroatoms. The van der Waals surface area contributed by atoms with Crippen LogP contribution >= 0.6 is 7.82 Å². The molecule has 410 valence electrons. The first kappa shape index (κ1) is 52.8. The summed E-state index contributed by atoms with van der Waals surface area (Å²) >= 11 is 0. The molecule has 9 aromatic rings. The Morgan fingerprint density at radius 3 is 1.02 bits per heavy atom. The van der Waals surface area contributed by atoms with Gasteiger partial charge in [0.2, 0.25) is 0 Å². The van der Waals surface area contributed by atoms with Gasteiger partial charge in [-0.05, 0) is 18.2 Å². The van der Waals surface area contributed by atoms with E-state index in [-0.39, 0.29) is 33.5 Å². The molecule has 0 unspecified atom stereocenters. The summed E-state index contributed by atoms with van der Waals surface area (Å²) in [7, 11) is -5.03. The minimum absolute atomic E-state index is 0.190. The van der Waals surface area contributed by atoms with E-state index in [1.54, 1.807) is 72.8 Å². The smallest absolute Gasteiger partial charge is 0.387 e. The van der Waals surface area contributed by atoms with Gasteiger partial charge in [-0.15, -0.1) is 0 Å². The first-order valence-corrected chi connectivity index (χ1v) is 26.1. The molecule has 0 radical (unpaired) electrons. The van der Waals surface area contributed by atoms with Gasteiger partial charge in [-0.2, -0.15) is 0 Å². The van der Waals surface area contributed by atoms with Crippen LogP contribution in [0.5, 0.6) is 0 Å². The lowest BCUT2D eigenvalue weighted by atomic mass is 10.1. The van der Waals surface area contributed by atoms with E-state index in [1.165, 1.54) is 51.7 Å². The largest absolute Gasteiger partial charge is 0.475 e. The number of benzene rings is 3. The summed E-state index contributed by atoms with van der Waals surface area (Å²) in [5.74, 6) is 0. The van der Waals surface area contributed by atoms with Gasteiger partial charge in [0.05, 0.1) is 38.8 Å². The summed E-state index contributed by atoms with van der Waals surface area (Å²) in [4.78, 5) is 74.0. The molecule has 0 aliphatic carbocycles. The molecule has 6 aromatic heterocycles. The first-order chi connectivity index (χ1) is 38.8. The Morgan fingerprint density at radius 2 is 0.738 bits per heavy atom. The Labute approximate surface area is 449 Å². The van der Waals surface area contributed by atoms with Gasteiger partial charge in [0.25, 0.3) is 0 Å². The Kier molecular flexibility index (Phi) is 14.2. The van der Waals surface area contributed by atoms with Crippen LogP contribution in [0.15, 0.2) is 111 Å². The number of hydrogen-bond donors (Lipinski definition) is 6. The van der Waals surface area contributed by atoms with E-state index in [0.29, 0.717) is 69.3 Å². The summed E-state index contributed by atoms with van der Waals surface area (Å²) in [5, 5.41) is 68.3. The number of aromatic nitrogens is 12. The monoisotopic (exact) mass is 1110 g/mol. The van der Waals surface area contributed by atoms with Crippen LogP contribution in [0.25, 0.3) is 67.3 Å². The van der Waals surface area contributed by atoms with Crippen LogP contribution < -0.4 is 0 Å². The predicted octanol–water partition coefficient (Wildman–Crippen LogP) is 1.96. The van der Waals surface area contributed by atoms with E-state index >= 15 is 0 Å². The number of aliphatic hydroxyl groups excluding tert-OH is 6. The van der Waals surface area contributed by atoms with Gasteiger partial charge in [0.1, 0.15) is 126 Å². The van der Waals surface area contributed by atoms with Crippen LogP contribution in [-0.4, -0.2) is 183 Å². The summed E-state index contributed by atoms with van der Waals surface area (Å²) < 4.78 is 54.8. The average molecular weight is 1110 g/mol. The molecule has 0 bridgehead atoms. The van der Waals surface area contributed by atoms with Gasteiger partial charge < -0.3 is 44.8 Å². The van der Waals surface area contributed by atoms with Crippen molar-refractivity contribution < 1.29 is 77.4 Å². The summed E-state index contributed by atoms with van der Waals surface area (Å²) in [6.45, 7) is -2.35. The van der Waals surface area contributed by atoms with Crippen molar-refractivity contribution in [2.45, 2.75) is 73.6 Å². The first-order valence-electron chi connectivity index (χ1n) is 24.6. The van der Waals surface area contributed by atoms with Crippen molar-refractivity contribution in [2.75, 3.05) is 19.8 Å². The van der Waals surface area contributed by atoms with E-state index < -0.39 is 101 Å². The van der Waals surface area contributed by atoms with Crippen molar-refractivity contribution >= 4 is 60.2 Å². The third-order valence-electron chi connectivity index (χ3n) is 14.0. The Hall–Kier alpha value is -7.93. The van der Waals surface area contributed by atoms with Crippen LogP contribution in [0.3, 0.4) is 0 Å². The number of carbonyl (C=O) groups excluding carboxylic acids is 3. The van der Waals surface area contributed by atoms with Crippen LogP contribution in [0.1, 0.15) is 49.8 Å². The third kappa shape index (κ3) is 9.55. The summed E-state index contributed by atoms with van der Waals surface area (Å²) in [6.07, 6.45) is -8.65. The maximum atomic E-state index is 14.9. The van der Waals surface area contributed by atoms with E-state index in [0.717, 1.165) is 0 Å². The number of rotatable bonds is 18. The second-order valence-corrected chi connectivity index (χ2v) is 20.5. The van der Waals surface area contributed by atoms with Gasteiger partial charge >= 0.3 is 7.82 Å². The number of nitrogens with zero attached hydrogens (tertiary/aromatic N) is 12. The minimum Gasteiger partial charge on any atom is -0.387 e. The third-order valence-corrected chi connectivity index (χ3v) is 15.4. The molecule has 0 amide bonds. The summed E-state index contributed by atoms with van der Waals surface area (Å²) in [5.41, 5.74) is 5.34. The minimum atomic E-state index is -5.03. The van der Waals surface area contributed by atoms with Crippen molar-refractivity contribution in [3.8, 4) is 33.8 Å². The molecule has 3 saturated heterocycles. The van der Waals surface area contributed by atoms with Crippen molar-refractivity contribution in [2.24, 2.45) is 0 Å². The van der Waals surface area contributed by atoms with E-state index in [4.69, 9.17) is 27.8 Å². The zero-order chi connectivity index (χ0) is 55.4. The Bertz CT molecular complexity index is 3480. The lowest BCUT2D eigenvalue weighted by molar-refractivity contribution is -0.0723. The number of ether oxygens (including phenoxy) is 3. The van der Waals surface area contributed by atoms with Crippen LogP contribution in [0, 0.1) is 0 Å². The normalized spacial score (nSPS) is 26.0. The fourth-order valence-corrected chi connectivity index (χ4v) is 11.1. The number of aliphatic hydroxyl groups is 6. The van der Waals surface area contributed by atoms with Crippen molar-refractivity contribution in [3.05, 3.63) is 127 Å². The SMILES string of the molecule is O=Cc1cccc(-c2ncnc3c2ncn3[C@@H]2O[C@H](COP(=O)(OC[C@H]3O[C@@H](n4cnc5c(-c6cccc(C=O)c6)ncnc54)[C@H](O)[C@@H]3O)OC[C@H]3O[C@@H](n4cnc5c(-c6cccc(C=O)c6)ncnc54)[C@H](O)[C@@H]3O)[C@@H](O)[C@H]2O)c1. The van der Waals surface area contributed by atoms with Gasteiger partial charge in [0, 0.05) is 33.4 Å². The van der Waals surface area contributed by atoms with E-state index in [1.807, 2.05) is 0 Å². The van der Waals surface area contributed by atoms with Crippen LogP contribution in [0.2, 0.25) is 0 Å². The molecule has 0 saturated carbocycles. The van der Waals surface area contributed by atoms with Crippen molar-refractivity contribution in [3.63, 3.8) is 0 Å². The number of fused-ring (bicyclic) bond motifs is 3. The fourth-order valence-electron chi connectivity index (χ4n) is 9.92. The number of imidazole rings is 3. The van der Waals surface area contributed by atoms with Gasteiger partial charge in [-0.3, -0.25) is 41.7 Å². The highest BCUT2D eigenvalue weighted by molar-refractivity contribution is 7.48. The molecule has 3 aliphatic rings. The molecule has 3 aromatic carbocycles. The van der Waals surface area contributed by atoms with Crippen LogP contribution in [0.4, 0.5) is 0 Å². The standard InChI is InChI=1S/C51H45N12O16P/c64-13-25-4-1-7-28(10-25)34-37-46(55-19-52-34)61(22-58-37)49-43(70)40(67)31(77-49)16-74-80(73,75-17-32-41(68)44(71)50(78-32)62-23-59-38-35(53-20-56-47(38)62)29-8-2-5-26(11-29)14-65)76-18-33-42(69)45(72)51(79-33)63-24-60-39-36(54-21-57-48(39)63)30-9-3-6-27(12-30)15-66/h1-15,19-24,31-33,40-45,49-51,67-72H,16-18H2/t31-,32-,33-,40-,41-,42-,43-,44-,45-,49-,50-,51-/m1/s1. The number of phosphoric ester groups is 1. The molecule has 6 N–H and O–H groups in total. The molecule has 12 atom stereocenters. The molecular weight excluding hydrogens is 1070 g/mol. The van der Waals surface area contributed by atoms with Crippen molar-refractivity contribution in [1.29, 1.82) is 0 Å². The van der Waals surface area contributed by atoms with E-state index in [9.17, 15) is 49.6 Å². The number of aldehydes is 3. The van der Waals surface area contributed by atoms with Crippen LogP contribution in [-0.2, 0) is 32.3 Å². The molecule has 28 nitrogen and oxygen atoms in total. The highest BCUT2D eigenvalue weighted by Gasteiger charge is 2.50. The lowest BCUT2D eigenvalue weighted by Crippen LogP contribution is -2.35. The number of phosphoric acid groups is 1. The number of carbonyl (C=O) groups is 3. The highest BCUT2D eigenvalue weighted by atomic mass is 31.2. The zero-order valence-electron chi connectivity index (χ0n) is 41.3. The molecule has 3 fully saturated rings. The average Bonchev–Trinajstić information content (AvgIpc) is 4.38. The zero-order valence-corrected chi connectivity index (χ0v) is 42.1. The quantitative estimate of drug-likeness (QED) is 0.0528. The lowest BCUT2D eigenvalue weighted by Gasteiger charge is -2.24. The maximum Gasteiger partial charge on any atom is 0.475 e. The maximum absolute atomic E-state index is 14.9. The second-order valence-electron chi connectivity index (χ2n) is 18.8. The van der Waals surface area contributed by atoms with Crippen molar-refractivity contribution in [1.82, 2.24) is 58.6 Å². The fraction of sp³-hybridized carbons (Fsp3) is 0.294. The number of hydrogen-bond acceptors (Lipinski definition) is 25. The molecule has 12 rings (SSSR count). The molecular formula is C51H45N12O16P. The van der Waals surface area contributed by atoms with Gasteiger partial charge in [-0.1, -0.05) is 54.6 Å². The molecule has 3 aliphatic heterocycles. The predicted molar refractivity (Wildman–Crippen MR) is 272 cm³/mol. The topological polar surface area (TPSA) is 376 Å². The van der Waals surface area contributed by atoms with E-state index in [2.05, 4.69) is 44.9 Å². The highest BCUT2D eigenvalue weighted by Crippen LogP contribution is 2.52. The summed E-state index contributed by atoms with van der Waals surface area (Å²) in [6, 6.07) is 19.9. The van der Waals surface area contributed by atoms with Gasteiger partial charge in [-0.25, -0.2) is 49.4 Å². The Morgan fingerprint density at radius 1 is 0.438 bits per heavy atom. The molecule has 9 heterocycles. The Balaban J connectivity index is 0.789.